The van der Waals surface area contributed by atoms with E-state index in [1.165, 1.54) is 7.11 Å². The fourth-order valence-corrected chi connectivity index (χ4v) is 2.72. The van der Waals surface area contributed by atoms with Gasteiger partial charge in [-0.1, -0.05) is 32.9 Å². The molecule has 0 amide bonds. The predicted molar refractivity (Wildman–Crippen MR) is 81.7 cm³/mol. The van der Waals surface area contributed by atoms with Crippen LogP contribution >= 0.6 is 11.8 Å². The second kappa shape index (κ2) is 7.15. The summed E-state index contributed by atoms with van der Waals surface area (Å²) in [6.45, 7) is 6.57. The lowest BCUT2D eigenvalue weighted by Gasteiger charge is -2.23. The largest absolute Gasteiger partial charge is 0.494 e. The number of likely N-dealkylation sites (N-methyl/N-ethyl adjacent to an activating group) is 1. The Bertz CT molecular complexity index is 404. The van der Waals surface area contributed by atoms with Gasteiger partial charge in [-0.25, -0.2) is 4.39 Å². The number of rotatable bonds is 6. The normalized spacial score (nSPS) is 13.4. The summed E-state index contributed by atoms with van der Waals surface area (Å²) in [6.07, 6.45) is 0.669. The van der Waals surface area contributed by atoms with Crippen molar-refractivity contribution in [3.63, 3.8) is 0 Å². The number of hydrogen-bond donors (Lipinski definition) is 1. The molecule has 1 N–H and O–H groups in total. The van der Waals surface area contributed by atoms with E-state index in [9.17, 15) is 4.39 Å². The zero-order valence-electron chi connectivity index (χ0n) is 12.4. The second-order valence-corrected chi connectivity index (χ2v) is 7.39. The van der Waals surface area contributed by atoms with Gasteiger partial charge in [0, 0.05) is 16.5 Å². The van der Waals surface area contributed by atoms with Gasteiger partial charge in [0.1, 0.15) is 0 Å². The van der Waals surface area contributed by atoms with Gasteiger partial charge in [-0.3, -0.25) is 0 Å². The highest BCUT2D eigenvalue weighted by Gasteiger charge is 2.17. The molecule has 108 valence electrons. The summed E-state index contributed by atoms with van der Waals surface area (Å²) >= 11 is 1.89. The fourth-order valence-electron chi connectivity index (χ4n) is 1.73. The molecule has 0 bridgehead atoms. The summed E-state index contributed by atoms with van der Waals surface area (Å²) in [5, 5.41) is 3.26. The van der Waals surface area contributed by atoms with E-state index in [4.69, 9.17) is 4.74 Å². The van der Waals surface area contributed by atoms with Crippen LogP contribution in [-0.2, 0) is 6.42 Å². The molecule has 0 saturated heterocycles. The molecule has 0 aliphatic rings. The molecule has 1 aromatic rings. The van der Waals surface area contributed by atoms with Gasteiger partial charge in [-0.05, 0) is 25.1 Å². The monoisotopic (exact) mass is 285 g/mol. The van der Waals surface area contributed by atoms with Crippen molar-refractivity contribution in [3.05, 3.63) is 29.6 Å². The number of thioether (sulfide) groups is 1. The highest BCUT2D eigenvalue weighted by molar-refractivity contribution is 8.00. The van der Waals surface area contributed by atoms with Crippen LogP contribution in [0.5, 0.6) is 5.75 Å². The molecule has 0 aliphatic carbocycles. The predicted octanol–water partition coefficient (Wildman–Crippen LogP) is 3.50. The molecule has 0 fully saturated rings. The van der Waals surface area contributed by atoms with E-state index in [2.05, 4.69) is 26.1 Å². The lowest BCUT2D eigenvalue weighted by atomic mass is 10.1. The Morgan fingerprint density at radius 2 is 2.05 bits per heavy atom. The van der Waals surface area contributed by atoms with Gasteiger partial charge >= 0.3 is 0 Å². The smallest absolute Gasteiger partial charge is 0.168 e. The van der Waals surface area contributed by atoms with Crippen LogP contribution < -0.4 is 10.1 Å². The topological polar surface area (TPSA) is 21.3 Å². The molecule has 0 aliphatic heterocycles. The Kier molecular flexibility index (Phi) is 6.14. The highest BCUT2D eigenvalue weighted by Crippen LogP contribution is 2.26. The maximum Gasteiger partial charge on any atom is 0.168 e. The summed E-state index contributed by atoms with van der Waals surface area (Å²) < 4.78 is 19.3. The van der Waals surface area contributed by atoms with E-state index in [1.54, 1.807) is 6.07 Å². The van der Waals surface area contributed by atoms with Gasteiger partial charge in [-0.15, -0.1) is 0 Å². The summed E-state index contributed by atoms with van der Waals surface area (Å²) in [5.74, 6) is 1.03. The summed E-state index contributed by atoms with van der Waals surface area (Å²) in [7, 11) is 3.42. The number of hydrogen-bond acceptors (Lipinski definition) is 3. The van der Waals surface area contributed by atoms with Crippen molar-refractivity contribution in [3.8, 4) is 5.75 Å². The van der Waals surface area contributed by atoms with Crippen LogP contribution in [0.3, 0.4) is 0 Å². The van der Waals surface area contributed by atoms with Crippen molar-refractivity contribution in [2.45, 2.75) is 38.0 Å². The molecular weight excluding hydrogens is 261 g/mol. The van der Waals surface area contributed by atoms with Crippen LogP contribution in [0.15, 0.2) is 18.2 Å². The Hall–Kier alpha value is -0.740. The maximum absolute atomic E-state index is 14.1. The third-order valence-electron chi connectivity index (χ3n) is 2.86. The first-order valence-corrected chi connectivity index (χ1v) is 7.48. The molecule has 19 heavy (non-hydrogen) atoms. The van der Waals surface area contributed by atoms with E-state index in [0.29, 0.717) is 17.7 Å². The molecule has 1 unspecified atom stereocenters. The van der Waals surface area contributed by atoms with E-state index in [-0.39, 0.29) is 16.6 Å². The van der Waals surface area contributed by atoms with Gasteiger partial charge in [0.05, 0.1) is 7.11 Å². The van der Waals surface area contributed by atoms with Crippen LogP contribution in [0.25, 0.3) is 0 Å². The zero-order chi connectivity index (χ0) is 14.5. The Balaban J connectivity index is 2.70. The van der Waals surface area contributed by atoms with E-state index in [1.807, 2.05) is 30.9 Å². The molecule has 1 aromatic carbocycles. The van der Waals surface area contributed by atoms with Crippen LogP contribution in [0.2, 0.25) is 0 Å². The molecule has 4 heteroatoms. The number of ether oxygens (including phenoxy) is 1. The Labute approximate surface area is 120 Å². The van der Waals surface area contributed by atoms with Crippen LogP contribution in [0, 0.1) is 5.82 Å². The van der Waals surface area contributed by atoms with Crippen LogP contribution in [-0.4, -0.2) is 30.7 Å². The molecule has 2 nitrogen and oxygen atoms in total. The van der Waals surface area contributed by atoms with Crippen molar-refractivity contribution < 1.29 is 9.13 Å². The molecule has 0 heterocycles. The minimum Gasteiger partial charge on any atom is -0.494 e. The van der Waals surface area contributed by atoms with Gasteiger partial charge in [0.2, 0.25) is 0 Å². The van der Waals surface area contributed by atoms with Crippen LogP contribution in [0.1, 0.15) is 26.3 Å². The van der Waals surface area contributed by atoms with Gasteiger partial charge in [0.15, 0.2) is 11.6 Å². The van der Waals surface area contributed by atoms with Crippen molar-refractivity contribution in [2.75, 3.05) is 19.9 Å². The van der Waals surface area contributed by atoms with Crippen molar-refractivity contribution in [2.24, 2.45) is 0 Å². The average molecular weight is 285 g/mol. The molecule has 0 spiro atoms. The summed E-state index contributed by atoms with van der Waals surface area (Å²) in [4.78, 5) is 0. The molecule has 1 atom stereocenters. The molecule has 0 aromatic heterocycles. The van der Waals surface area contributed by atoms with Crippen molar-refractivity contribution in [1.82, 2.24) is 5.32 Å². The SMILES string of the molecule is CNC(CSC(C)(C)C)Cc1cccc(OC)c1F. The summed E-state index contributed by atoms with van der Waals surface area (Å²) in [6, 6.07) is 5.56. The average Bonchev–Trinajstić information content (AvgIpc) is 2.35. The van der Waals surface area contributed by atoms with Gasteiger partial charge in [-0.2, -0.15) is 11.8 Å². The third-order valence-corrected chi connectivity index (χ3v) is 4.29. The molecule has 0 radical (unpaired) electrons. The summed E-state index contributed by atoms with van der Waals surface area (Å²) in [5.41, 5.74) is 0.702. The standard InChI is InChI=1S/C15H24FNOS/c1-15(2,3)19-10-12(17-4)9-11-7-6-8-13(18-5)14(11)16/h6-8,12,17H,9-10H2,1-5H3. The van der Waals surface area contributed by atoms with E-state index >= 15 is 0 Å². The third kappa shape index (κ3) is 5.41. The lowest BCUT2D eigenvalue weighted by molar-refractivity contribution is 0.383. The molecule has 1 rings (SSSR count). The van der Waals surface area contributed by atoms with Crippen LogP contribution in [0.4, 0.5) is 4.39 Å². The van der Waals surface area contributed by atoms with Crippen molar-refractivity contribution in [1.29, 1.82) is 0 Å². The lowest BCUT2D eigenvalue weighted by Crippen LogP contribution is -2.32. The first kappa shape index (κ1) is 16.3. The zero-order valence-corrected chi connectivity index (χ0v) is 13.2. The maximum atomic E-state index is 14.1. The first-order chi connectivity index (χ1) is 8.87. The van der Waals surface area contributed by atoms with Gasteiger partial charge in [0.25, 0.3) is 0 Å². The number of nitrogens with one attached hydrogen (secondary N) is 1. The minimum atomic E-state index is -0.244. The quantitative estimate of drug-likeness (QED) is 0.864. The molecule has 0 saturated carbocycles. The molecular formula is C15H24FNOS. The Morgan fingerprint density at radius 1 is 1.37 bits per heavy atom. The van der Waals surface area contributed by atoms with Crippen molar-refractivity contribution >= 4 is 11.8 Å². The number of methoxy groups -OCH3 is 1. The number of benzene rings is 1. The fraction of sp³-hybridized carbons (Fsp3) is 0.600. The minimum absolute atomic E-state index is 0.224. The Morgan fingerprint density at radius 3 is 2.58 bits per heavy atom. The van der Waals surface area contributed by atoms with Gasteiger partial charge < -0.3 is 10.1 Å². The first-order valence-electron chi connectivity index (χ1n) is 6.50. The highest BCUT2D eigenvalue weighted by atomic mass is 32.2. The van der Waals surface area contributed by atoms with E-state index in [0.717, 1.165) is 5.75 Å². The number of halogens is 1. The second-order valence-electron chi connectivity index (χ2n) is 5.55. The van der Waals surface area contributed by atoms with E-state index < -0.39 is 0 Å².